The minimum Gasteiger partial charge on any atom is -0.394 e. The molecule has 0 aromatic carbocycles. The molecule has 0 atom stereocenters. The summed E-state index contributed by atoms with van der Waals surface area (Å²) in [5.41, 5.74) is 0.645. The molecule has 0 saturated heterocycles. The van der Waals surface area contributed by atoms with Crippen LogP contribution in [0.2, 0.25) is 0 Å². The summed E-state index contributed by atoms with van der Waals surface area (Å²) in [6, 6.07) is 0. The van der Waals surface area contributed by atoms with Crippen molar-refractivity contribution in [2.24, 2.45) is 11.3 Å². The van der Waals surface area contributed by atoms with Gasteiger partial charge in [-0.15, -0.1) is 0 Å². The second-order valence-electron chi connectivity index (χ2n) is 5.79. The normalized spacial score (nSPS) is 39.2. The number of nitrogens with one attached hydrogen (secondary N) is 1. The molecule has 2 saturated carbocycles. The monoisotopic (exact) mass is 197 g/mol. The van der Waals surface area contributed by atoms with Gasteiger partial charge in [0.25, 0.3) is 0 Å². The molecule has 2 aliphatic carbocycles. The molecule has 14 heavy (non-hydrogen) atoms. The number of hydrogen-bond acceptors (Lipinski definition) is 2. The van der Waals surface area contributed by atoms with Gasteiger partial charge >= 0.3 is 0 Å². The second kappa shape index (κ2) is 3.49. The first kappa shape index (κ1) is 10.4. The summed E-state index contributed by atoms with van der Waals surface area (Å²) in [5.74, 6) is 0.849. The van der Waals surface area contributed by atoms with E-state index in [2.05, 4.69) is 19.2 Å². The molecule has 2 heteroatoms. The topological polar surface area (TPSA) is 32.3 Å². The van der Waals surface area contributed by atoms with Gasteiger partial charge in [0, 0.05) is 12.1 Å². The van der Waals surface area contributed by atoms with Gasteiger partial charge in [0.15, 0.2) is 0 Å². The van der Waals surface area contributed by atoms with Crippen LogP contribution in [-0.4, -0.2) is 23.8 Å². The van der Waals surface area contributed by atoms with E-state index < -0.39 is 0 Å². The van der Waals surface area contributed by atoms with E-state index in [4.69, 9.17) is 0 Å². The first-order chi connectivity index (χ1) is 6.61. The van der Waals surface area contributed by atoms with E-state index in [0.717, 1.165) is 12.5 Å². The summed E-state index contributed by atoms with van der Waals surface area (Å²) >= 11 is 0. The molecule has 2 aliphatic rings. The smallest absolute Gasteiger partial charge is 0.0613 e. The average Bonchev–Trinajstić information content (AvgIpc) is 2.84. The first-order valence-corrected chi connectivity index (χ1v) is 5.97. The lowest BCUT2D eigenvalue weighted by Crippen LogP contribution is -2.58. The summed E-state index contributed by atoms with van der Waals surface area (Å²) < 4.78 is 0. The van der Waals surface area contributed by atoms with E-state index in [1.165, 1.54) is 32.1 Å². The Bertz CT molecular complexity index is 204. The lowest BCUT2D eigenvalue weighted by atomic mass is 9.67. The summed E-state index contributed by atoms with van der Waals surface area (Å²) in [4.78, 5) is 0. The van der Waals surface area contributed by atoms with Crippen LogP contribution in [0.15, 0.2) is 0 Å². The predicted octanol–water partition coefficient (Wildman–Crippen LogP) is 1.93. The van der Waals surface area contributed by atoms with Crippen molar-refractivity contribution in [1.29, 1.82) is 0 Å². The van der Waals surface area contributed by atoms with Crippen molar-refractivity contribution in [3.8, 4) is 0 Å². The average molecular weight is 197 g/mol. The van der Waals surface area contributed by atoms with Crippen LogP contribution in [0.4, 0.5) is 0 Å². The molecule has 0 amide bonds. The minimum atomic E-state index is 0.0896. The Morgan fingerprint density at radius 2 is 2.00 bits per heavy atom. The Morgan fingerprint density at radius 3 is 2.43 bits per heavy atom. The van der Waals surface area contributed by atoms with Crippen LogP contribution in [0, 0.1) is 11.3 Å². The van der Waals surface area contributed by atoms with Gasteiger partial charge in [-0.3, -0.25) is 0 Å². The third kappa shape index (κ3) is 1.96. The zero-order valence-electron chi connectivity index (χ0n) is 9.47. The quantitative estimate of drug-likeness (QED) is 0.706. The fraction of sp³-hybridized carbons (Fsp3) is 1.00. The minimum absolute atomic E-state index is 0.0896. The van der Waals surface area contributed by atoms with Gasteiger partial charge in [0.05, 0.1) is 6.61 Å². The van der Waals surface area contributed by atoms with E-state index in [0.29, 0.717) is 12.0 Å². The molecule has 82 valence electrons. The Balaban J connectivity index is 1.77. The standard InChI is InChI=1S/C12H23NO/c1-3-10-6-12(7-10,9-14)13-8-11(2)4-5-11/h10,13-14H,3-9H2,1-2H3. The van der Waals surface area contributed by atoms with E-state index in [1.807, 2.05) is 0 Å². The van der Waals surface area contributed by atoms with Gasteiger partial charge in [-0.25, -0.2) is 0 Å². The molecule has 2 fully saturated rings. The van der Waals surface area contributed by atoms with Crippen molar-refractivity contribution >= 4 is 0 Å². The second-order valence-corrected chi connectivity index (χ2v) is 5.79. The van der Waals surface area contributed by atoms with Gasteiger partial charge in [0.2, 0.25) is 0 Å². The number of aliphatic hydroxyl groups excluding tert-OH is 1. The number of hydrogen-bond donors (Lipinski definition) is 2. The fourth-order valence-electron chi connectivity index (χ4n) is 2.45. The molecule has 0 radical (unpaired) electrons. The first-order valence-electron chi connectivity index (χ1n) is 5.97. The lowest BCUT2D eigenvalue weighted by molar-refractivity contribution is 0.0342. The van der Waals surface area contributed by atoms with Crippen LogP contribution in [0.5, 0.6) is 0 Å². The van der Waals surface area contributed by atoms with Crippen molar-refractivity contribution in [2.45, 2.75) is 51.5 Å². The summed E-state index contributed by atoms with van der Waals surface area (Å²) in [5, 5.41) is 13.0. The van der Waals surface area contributed by atoms with Crippen LogP contribution >= 0.6 is 0 Å². The molecule has 0 spiro atoms. The number of aliphatic hydroxyl groups is 1. The lowest BCUT2D eigenvalue weighted by Gasteiger charge is -2.48. The molecule has 0 bridgehead atoms. The molecule has 0 aromatic rings. The van der Waals surface area contributed by atoms with Gasteiger partial charge in [-0.05, 0) is 37.0 Å². The molecule has 0 aromatic heterocycles. The number of rotatable bonds is 5. The molecular formula is C12H23NO. The molecule has 2 rings (SSSR count). The van der Waals surface area contributed by atoms with Gasteiger partial charge in [-0.1, -0.05) is 20.3 Å². The Morgan fingerprint density at radius 1 is 1.36 bits per heavy atom. The van der Waals surface area contributed by atoms with Crippen LogP contribution < -0.4 is 5.32 Å². The van der Waals surface area contributed by atoms with E-state index in [1.54, 1.807) is 0 Å². The molecular weight excluding hydrogens is 174 g/mol. The fourth-order valence-corrected chi connectivity index (χ4v) is 2.45. The third-order valence-corrected chi connectivity index (χ3v) is 4.23. The maximum Gasteiger partial charge on any atom is 0.0613 e. The molecule has 0 heterocycles. The van der Waals surface area contributed by atoms with Crippen LogP contribution in [0.25, 0.3) is 0 Å². The zero-order valence-corrected chi connectivity index (χ0v) is 9.47. The highest BCUT2D eigenvalue weighted by Gasteiger charge is 2.45. The largest absolute Gasteiger partial charge is 0.394 e. The molecule has 2 nitrogen and oxygen atoms in total. The SMILES string of the molecule is CCC1CC(CO)(NCC2(C)CC2)C1. The van der Waals surface area contributed by atoms with Crippen molar-refractivity contribution in [2.75, 3.05) is 13.2 Å². The predicted molar refractivity (Wildman–Crippen MR) is 58.2 cm³/mol. The summed E-state index contributed by atoms with van der Waals surface area (Å²) in [6.07, 6.45) is 6.34. The van der Waals surface area contributed by atoms with Crippen molar-refractivity contribution in [3.05, 3.63) is 0 Å². The van der Waals surface area contributed by atoms with Crippen molar-refractivity contribution in [3.63, 3.8) is 0 Å². The highest BCUT2D eigenvalue weighted by Crippen LogP contribution is 2.46. The molecule has 0 aliphatic heterocycles. The Kier molecular flexibility index (Phi) is 2.61. The van der Waals surface area contributed by atoms with Gasteiger partial charge < -0.3 is 10.4 Å². The van der Waals surface area contributed by atoms with Crippen LogP contribution in [0.1, 0.15) is 46.0 Å². The van der Waals surface area contributed by atoms with Crippen molar-refractivity contribution in [1.82, 2.24) is 5.32 Å². The summed E-state index contributed by atoms with van der Waals surface area (Å²) in [7, 11) is 0. The van der Waals surface area contributed by atoms with Crippen molar-refractivity contribution < 1.29 is 5.11 Å². The van der Waals surface area contributed by atoms with E-state index in [9.17, 15) is 5.11 Å². The van der Waals surface area contributed by atoms with Gasteiger partial charge in [-0.2, -0.15) is 0 Å². The highest BCUT2D eigenvalue weighted by molar-refractivity contribution is 5.02. The maximum absolute atomic E-state index is 9.40. The maximum atomic E-state index is 9.40. The highest BCUT2D eigenvalue weighted by atomic mass is 16.3. The third-order valence-electron chi connectivity index (χ3n) is 4.23. The Labute approximate surface area is 87.1 Å². The van der Waals surface area contributed by atoms with E-state index >= 15 is 0 Å². The Hall–Kier alpha value is -0.0800. The molecule has 0 unspecified atom stereocenters. The van der Waals surface area contributed by atoms with Gasteiger partial charge in [0.1, 0.15) is 0 Å². The van der Waals surface area contributed by atoms with Crippen LogP contribution in [-0.2, 0) is 0 Å². The van der Waals surface area contributed by atoms with Crippen LogP contribution in [0.3, 0.4) is 0 Å². The summed E-state index contributed by atoms with van der Waals surface area (Å²) in [6.45, 7) is 6.00. The van der Waals surface area contributed by atoms with E-state index in [-0.39, 0.29) is 5.54 Å². The zero-order chi connectivity index (χ0) is 10.2. The molecule has 2 N–H and O–H groups in total.